The molecule has 0 nitrogen and oxygen atoms in total. The molecule has 0 bridgehead atoms. The molecule has 212 valence electrons. The Morgan fingerprint density at radius 2 is 1.02 bits per heavy atom. The predicted molar refractivity (Wildman–Crippen MR) is 161 cm³/mol. The molecule has 0 N–H and O–H groups in total. The van der Waals surface area contributed by atoms with Crippen LogP contribution in [0.25, 0.3) is 0 Å². The van der Waals surface area contributed by atoms with Gasteiger partial charge in [-0.05, 0) is 0 Å². The molecule has 3 aromatic rings. The van der Waals surface area contributed by atoms with Crippen LogP contribution in [0.4, 0.5) is 0 Å². The van der Waals surface area contributed by atoms with Gasteiger partial charge in [0.2, 0.25) is 0 Å². The summed E-state index contributed by atoms with van der Waals surface area (Å²) >= 11 is 2.34. The van der Waals surface area contributed by atoms with Gasteiger partial charge in [0.1, 0.15) is 0 Å². The van der Waals surface area contributed by atoms with E-state index in [-0.39, 0.29) is 37.2 Å². The molecule has 0 fully saturated rings. The summed E-state index contributed by atoms with van der Waals surface area (Å²) in [5.41, 5.74) is 5.94. The van der Waals surface area contributed by atoms with Crippen LogP contribution < -0.4 is 52.8 Å². The van der Waals surface area contributed by atoms with Crippen LogP contribution in [0.3, 0.4) is 0 Å². The number of hydrogen-bond donors (Lipinski definition) is 0. The molecule has 40 heavy (non-hydrogen) atoms. The first-order valence-electron chi connectivity index (χ1n) is 14.2. The number of allylic oxidation sites excluding steroid dienone is 4. The molecule has 3 aromatic carbocycles. The minimum absolute atomic E-state index is 0. The molecular weight excluding hydrogens is 603 g/mol. The van der Waals surface area contributed by atoms with Gasteiger partial charge in [-0.1, -0.05) is 0 Å². The van der Waals surface area contributed by atoms with Crippen molar-refractivity contribution in [2.24, 2.45) is 0 Å². The van der Waals surface area contributed by atoms with Gasteiger partial charge in [0.05, 0.1) is 0 Å². The summed E-state index contributed by atoms with van der Waals surface area (Å²) in [6.07, 6.45) is 5.91. The Bertz CT molecular complexity index is 1200. The second kappa shape index (κ2) is 16.0. The minimum atomic E-state index is -2.54. The first-order chi connectivity index (χ1) is 17.7. The molecule has 0 radical (unpaired) electrons. The van der Waals surface area contributed by atoms with Crippen LogP contribution in [-0.4, -0.2) is 8.07 Å². The van der Waals surface area contributed by atoms with Crippen molar-refractivity contribution in [2.45, 2.75) is 85.5 Å². The van der Waals surface area contributed by atoms with E-state index < -0.39 is 8.07 Å². The van der Waals surface area contributed by atoms with E-state index in [0.29, 0.717) is 17.8 Å². The zero-order valence-corrected chi connectivity index (χ0v) is 29.8. The molecule has 1 aliphatic carbocycles. The molecule has 1 aliphatic rings. The van der Waals surface area contributed by atoms with Crippen molar-refractivity contribution in [3.05, 3.63) is 110 Å². The molecule has 0 saturated heterocycles. The van der Waals surface area contributed by atoms with Crippen LogP contribution >= 0.6 is 0 Å². The van der Waals surface area contributed by atoms with Crippen molar-refractivity contribution in [1.82, 2.24) is 0 Å². The first-order valence-corrected chi connectivity index (χ1v) is 16.9. The summed E-state index contributed by atoms with van der Waals surface area (Å²) in [6, 6.07) is 29.0. The Labute approximate surface area is 275 Å². The topological polar surface area (TPSA) is 0 Å². The summed E-state index contributed by atoms with van der Waals surface area (Å²) in [4.78, 5) is 0. The Morgan fingerprint density at radius 1 is 0.650 bits per heavy atom. The van der Waals surface area contributed by atoms with Gasteiger partial charge in [0, 0.05) is 0 Å². The average Bonchev–Trinajstić information content (AvgIpc) is 3.25. The van der Waals surface area contributed by atoms with Crippen molar-refractivity contribution < 1.29 is 57.7 Å². The van der Waals surface area contributed by atoms with Gasteiger partial charge in [-0.2, -0.15) is 0 Å². The zero-order chi connectivity index (χ0) is 26.7. The van der Waals surface area contributed by atoms with Gasteiger partial charge >= 0.3 is 240 Å². The van der Waals surface area contributed by atoms with Crippen molar-refractivity contribution >= 4 is 23.6 Å². The number of halogens is 3. The van der Waals surface area contributed by atoms with Crippen LogP contribution in [0.15, 0.2) is 93.5 Å². The maximum Gasteiger partial charge on any atom is -1.00 e. The Balaban J connectivity index is 0.00000267. The van der Waals surface area contributed by atoms with E-state index in [1.165, 1.54) is 42.5 Å². The standard InChI is InChI=1S/C35H43Si.3ClH.Ti/c1-8-13-28-14-12-21-35(28)36(32-18-9-15-29(22-32)25(2)3,33-19-10-16-30(23-33)26(4)5)34-20-11-17-31(24-34)27(6)7;;;;/h9-12,15-20,22-27H,8,13,21H2,1-7H3;3*1H;/q;;;;+3/p-3. The van der Waals surface area contributed by atoms with Gasteiger partial charge in [-0.15, -0.1) is 0 Å². The summed E-state index contributed by atoms with van der Waals surface area (Å²) in [5, 5.41) is 6.31. The third-order valence-corrected chi connectivity index (χ3v) is 13.8. The molecular formula is C35H43Cl3SiTi. The van der Waals surface area contributed by atoms with E-state index in [2.05, 4.69) is 148 Å². The minimum Gasteiger partial charge on any atom is -1.00 e. The summed E-state index contributed by atoms with van der Waals surface area (Å²) in [7, 11) is -2.54. The van der Waals surface area contributed by atoms with Gasteiger partial charge < -0.3 is 37.2 Å². The second-order valence-corrected chi connectivity index (χ2v) is 16.3. The van der Waals surface area contributed by atoms with Gasteiger partial charge in [-0.25, -0.2) is 0 Å². The largest absolute Gasteiger partial charge is 1.00 e. The molecule has 0 amide bonds. The van der Waals surface area contributed by atoms with Crippen LogP contribution in [-0.2, 0) is 20.4 Å². The van der Waals surface area contributed by atoms with Crippen molar-refractivity contribution in [1.29, 1.82) is 0 Å². The molecule has 0 aromatic heterocycles. The smallest absolute Gasteiger partial charge is 1.00 e. The van der Waals surface area contributed by atoms with Crippen LogP contribution in [0, 0.1) is 0 Å². The van der Waals surface area contributed by atoms with Gasteiger partial charge in [0.25, 0.3) is 0 Å². The predicted octanol–water partition coefficient (Wildman–Crippen LogP) is -0.991. The Kier molecular flexibility index (Phi) is 14.8. The van der Waals surface area contributed by atoms with E-state index in [1.54, 1.807) is 10.8 Å². The zero-order valence-electron chi connectivity index (χ0n) is 25.0. The number of hydrogen-bond acceptors (Lipinski definition) is 0. The summed E-state index contributed by atoms with van der Waals surface area (Å²) in [6.45, 7) is 16.3. The SMILES string of the molecule is CCCC1=C([Si](c2cccc(C(C)C)c2)(c2cccc(C(C)C)c2)c2cccc(C(C)C)c2)CC=[C]1[Ti+3].[Cl-].[Cl-].[Cl-]. The van der Waals surface area contributed by atoms with Crippen molar-refractivity contribution in [2.75, 3.05) is 0 Å². The maximum atomic E-state index is 2.56. The third-order valence-electron chi connectivity index (χ3n) is 8.11. The Morgan fingerprint density at radius 3 is 1.35 bits per heavy atom. The van der Waals surface area contributed by atoms with E-state index in [4.69, 9.17) is 0 Å². The molecule has 0 unspecified atom stereocenters. The normalized spacial score (nSPS) is 13.2. The molecule has 0 spiro atoms. The van der Waals surface area contributed by atoms with E-state index in [1.807, 2.05) is 0 Å². The Hall–Kier alpha value is -1.06. The molecule has 0 aliphatic heterocycles. The van der Waals surface area contributed by atoms with Gasteiger partial charge in [0.15, 0.2) is 0 Å². The van der Waals surface area contributed by atoms with Crippen molar-refractivity contribution in [3.8, 4) is 0 Å². The number of rotatable bonds is 9. The summed E-state index contributed by atoms with van der Waals surface area (Å²) in [5.74, 6) is 1.51. The monoisotopic (exact) mass is 644 g/mol. The van der Waals surface area contributed by atoms with Crippen LogP contribution in [0.5, 0.6) is 0 Å². The fourth-order valence-electron chi connectivity index (χ4n) is 5.94. The molecule has 4 rings (SSSR count). The van der Waals surface area contributed by atoms with E-state index in [9.17, 15) is 0 Å². The first kappa shape index (κ1) is 37.0. The second-order valence-electron chi connectivity index (χ2n) is 11.6. The quantitative estimate of drug-likeness (QED) is 0.207. The molecule has 0 saturated carbocycles. The van der Waals surface area contributed by atoms with E-state index in [0.717, 1.165) is 12.8 Å². The van der Waals surface area contributed by atoms with Crippen molar-refractivity contribution in [3.63, 3.8) is 0 Å². The van der Waals surface area contributed by atoms with Crippen LogP contribution in [0.2, 0.25) is 0 Å². The molecule has 0 heterocycles. The number of benzene rings is 3. The molecule has 0 atom stereocenters. The molecule has 5 heteroatoms. The fourth-order valence-corrected chi connectivity index (χ4v) is 12.1. The van der Waals surface area contributed by atoms with E-state index >= 15 is 0 Å². The van der Waals surface area contributed by atoms with Crippen LogP contribution in [0.1, 0.15) is 102 Å². The maximum absolute atomic E-state index is 2.56. The fraction of sp³-hybridized carbons (Fsp3) is 0.371. The third kappa shape index (κ3) is 7.28. The summed E-state index contributed by atoms with van der Waals surface area (Å²) < 4.78 is 1.49. The average molecular weight is 646 g/mol. The van der Waals surface area contributed by atoms with Gasteiger partial charge in [-0.3, -0.25) is 0 Å².